The molecule has 0 bridgehead atoms. The maximum Gasteiger partial charge on any atom is 0.166 e. The zero-order chi connectivity index (χ0) is 22.4. The second kappa shape index (κ2) is 31.4. The van der Waals surface area contributed by atoms with Gasteiger partial charge >= 0.3 is 0 Å². The van der Waals surface area contributed by atoms with Crippen molar-refractivity contribution in [3.63, 3.8) is 0 Å². The van der Waals surface area contributed by atoms with Crippen LogP contribution in [0, 0.1) is 13.8 Å². The normalized spacial score (nSPS) is 8.31. The summed E-state index contributed by atoms with van der Waals surface area (Å²) >= 11 is 0. The molecule has 1 aromatic heterocycles. The van der Waals surface area contributed by atoms with Gasteiger partial charge in [-0.2, -0.15) is 6.92 Å². The van der Waals surface area contributed by atoms with E-state index in [1.165, 1.54) is 6.92 Å². The van der Waals surface area contributed by atoms with Gasteiger partial charge in [0.1, 0.15) is 0 Å². The molecule has 8 heteroatoms. The van der Waals surface area contributed by atoms with Gasteiger partial charge in [-0.05, 0) is 45.1 Å². The Morgan fingerprint density at radius 3 is 1.86 bits per heavy atom. The van der Waals surface area contributed by atoms with Crippen LogP contribution in [-0.4, -0.2) is 38.1 Å². The molecule has 0 spiro atoms. The third-order valence-corrected chi connectivity index (χ3v) is 2.34. The minimum atomic E-state index is -0.0833. The molecule has 0 aliphatic rings. The zero-order valence-electron chi connectivity index (χ0n) is 19.5. The fourth-order valence-electron chi connectivity index (χ4n) is 1.36. The first-order valence-electron chi connectivity index (χ1n) is 8.85. The van der Waals surface area contributed by atoms with E-state index in [0.29, 0.717) is 11.6 Å². The predicted molar refractivity (Wildman–Crippen MR) is 122 cm³/mol. The summed E-state index contributed by atoms with van der Waals surface area (Å²) in [6, 6.07) is 3.50. The number of pyridine rings is 1. The van der Waals surface area contributed by atoms with Gasteiger partial charge in [0.15, 0.2) is 17.4 Å². The molecule has 1 aromatic rings. The molecular formula is C21H39BN3O3Y-2. The number of hydrogen-bond donors (Lipinski definition) is 2. The van der Waals surface area contributed by atoms with E-state index in [1.807, 2.05) is 27.7 Å². The molecule has 0 aliphatic carbocycles. The van der Waals surface area contributed by atoms with Crippen LogP contribution >= 0.6 is 0 Å². The fraction of sp³-hybridized carbons (Fsp3) is 0.476. The first-order valence-corrected chi connectivity index (χ1v) is 8.85. The van der Waals surface area contributed by atoms with Gasteiger partial charge in [0.05, 0.1) is 13.2 Å². The Hall–Kier alpha value is -1.33. The van der Waals surface area contributed by atoms with Gasteiger partial charge in [0, 0.05) is 53.0 Å². The van der Waals surface area contributed by atoms with Crippen LogP contribution in [0.1, 0.15) is 54.9 Å². The summed E-state index contributed by atoms with van der Waals surface area (Å²) < 4.78 is 4.86. The van der Waals surface area contributed by atoms with Crippen LogP contribution in [0.3, 0.4) is 0 Å². The van der Waals surface area contributed by atoms with E-state index < -0.39 is 0 Å². The first kappa shape index (κ1) is 41.9. The summed E-state index contributed by atoms with van der Waals surface area (Å²) in [7, 11) is 1.56. The van der Waals surface area contributed by atoms with Gasteiger partial charge in [0.25, 0.3) is 0 Å². The summed E-state index contributed by atoms with van der Waals surface area (Å²) in [5, 5.41) is 2.98. The molecule has 0 saturated heterocycles. The Bertz CT molecular complexity index is 512. The molecule has 0 aliphatic heterocycles. The molecule has 0 amide bonds. The largest absolute Gasteiger partial charge is 0.493 e. The molecule has 0 unspecified atom stereocenters. The third-order valence-electron chi connectivity index (χ3n) is 2.34. The SMILES string of the molecule is C=C(C)N[C@@H](CC)C(C)=O.CC.COc1cccnc1N.[B].[CH2-]C.[CH2-]C(C)=O.[Y]. The van der Waals surface area contributed by atoms with Crippen molar-refractivity contribution in [3.05, 3.63) is 44.5 Å². The maximum atomic E-state index is 10.8. The minimum absolute atomic E-state index is 0. The van der Waals surface area contributed by atoms with Crippen molar-refractivity contribution < 1.29 is 47.0 Å². The van der Waals surface area contributed by atoms with Gasteiger partial charge in [-0.1, -0.05) is 27.4 Å². The van der Waals surface area contributed by atoms with Crippen LogP contribution in [-0.2, 0) is 42.3 Å². The summed E-state index contributed by atoms with van der Waals surface area (Å²) in [5.41, 5.74) is 6.24. The number of nitrogens with zero attached hydrogens (tertiary/aromatic N) is 1. The van der Waals surface area contributed by atoms with Crippen LogP contribution in [0.2, 0.25) is 0 Å². The van der Waals surface area contributed by atoms with Crippen molar-refractivity contribution in [3.8, 4) is 5.75 Å². The Labute approximate surface area is 206 Å². The summed E-state index contributed by atoms with van der Waals surface area (Å²) in [6.07, 6.45) is 2.44. The quantitative estimate of drug-likeness (QED) is 0.487. The van der Waals surface area contributed by atoms with Gasteiger partial charge in [-0.3, -0.25) is 4.79 Å². The van der Waals surface area contributed by atoms with Gasteiger partial charge in [-0.25, -0.2) is 4.98 Å². The Morgan fingerprint density at radius 1 is 1.28 bits per heavy atom. The van der Waals surface area contributed by atoms with Crippen LogP contribution in [0.25, 0.3) is 0 Å². The van der Waals surface area contributed by atoms with E-state index in [2.05, 4.69) is 30.7 Å². The van der Waals surface area contributed by atoms with E-state index in [1.54, 1.807) is 39.3 Å². The number of Topliss-reactive ketones (excluding diaryl/α,β-unsaturated/α-hetero) is 2. The van der Waals surface area contributed by atoms with Crippen molar-refractivity contribution in [2.75, 3.05) is 12.8 Å². The number of nitrogen functional groups attached to an aromatic ring is 1. The first-order chi connectivity index (χ1) is 12.6. The average molecular weight is 481 g/mol. The molecule has 0 saturated carbocycles. The van der Waals surface area contributed by atoms with Gasteiger partial charge in [0.2, 0.25) is 0 Å². The molecule has 4 radical (unpaired) electrons. The van der Waals surface area contributed by atoms with E-state index >= 15 is 0 Å². The molecular weight excluding hydrogens is 442 g/mol. The number of nitrogens with two attached hydrogens (primary N) is 1. The number of anilines is 1. The molecule has 1 heterocycles. The molecule has 0 fully saturated rings. The zero-order valence-corrected chi connectivity index (χ0v) is 22.4. The molecule has 29 heavy (non-hydrogen) atoms. The maximum absolute atomic E-state index is 10.8. The monoisotopic (exact) mass is 481 g/mol. The fourth-order valence-corrected chi connectivity index (χ4v) is 1.36. The number of aromatic nitrogens is 1. The number of carbonyl (C=O) groups is 2. The van der Waals surface area contributed by atoms with Gasteiger partial charge < -0.3 is 34.4 Å². The van der Waals surface area contributed by atoms with Crippen LogP contribution in [0.5, 0.6) is 5.75 Å². The third kappa shape index (κ3) is 34.6. The van der Waals surface area contributed by atoms with Crippen LogP contribution in [0.15, 0.2) is 30.6 Å². The van der Waals surface area contributed by atoms with Crippen LogP contribution < -0.4 is 15.8 Å². The van der Waals surface area contributed by atoms with Crippen molar-refractivity contribution in [1.82, 2.24) is 10.3 Å². The Balaban J connectivity index is -0.0000000643. The number of rotatable bonds is 5. The standard InChI is InChI=1S/C8H15NO.C6H8N2O.C3H5O.C2H6.C2H5.B.Y/c1-5-8(7(4)10)9-6(2)3;1-9-5-3-2-4-8-6(5)7;1-3(2)4;2*1-2;;/h8-9H,2,5H2,1,3-4H3;2-4H,1H3,(H2,7,8);1H2,2H3;1-2H3;1H2,2H3;;/q;;-1;;-1;;/t8-;;;;;;/m0....../s1. The number of hydrogen-bond acceptors (Lipinski definition) is 6. The van der Waals surface area contributed by atoms with Crippen molar-refractivity contribution in [2.24, 2.45) is 0 Å². The predicted octanol–water partition coefficient (Wildman–Crippen LogP) is 4.04. The molecule has 3 N–H and O–H groups in total. The number of methoxy groups -OCH3 is 1. The number of ketones is 2. The second-order valence-corrected chi connectivity index (χ2v) is 4.79. The number of allylic oxidation sites excluding steroid dienone is 1. The smallest absolute Gasteiger partial charge is 0.166 e. The Kier molecular flexibility index (Phi) is 45.3. The second-order valence-electron chi connectivity index (χ2n) is 4.79. The summed E-state index contributed by atoms with van der Waals surface area (Å²) in [5.74, 6) is 1.14. The number of nitrogens with one attached hydrogen (secondary N) is 1. The molecule has 1 atom stereocenters. The Morgan fingerprint density at radius 2 is 1.69 bits per heavy atom. The topological polar surface area (TPSA) is 94.3 Å². The van der Waals surface area contributed by atoms with E-state index in [9.17, 15) is 9.59 Å². The summed E-state index contributed by atoms with van der Waals surface area (Å²) in [4.78, 5) is 23.9. The average Bonchev–Trinajstić information content (AvgIpc) is 2.63. The van der Waals surface area contributed by atoms with E-state index in [0.717, 1.165) is 12.1 Å². The van der Waals surface area contributed by atoms with E-state index in [-0.39, 0.29) is 58.7 Å². The van der Waals surface area contributed by atoms with Crippen molar-refractivity contribution >= 4 is 25.8 Å². The number of ether oxygens (including phenoxy) is 1. The van der Waals surface area contributed by atoms with E-state index in [4.69, 9.17) is 10.5 Å². The molecule has 164 valence electrons. The molecule has 0 aromatic carbocycles. The van der Waals surface area contributed by atoms with Crippen LogP contribution in [0.4, 0.5) is 5.82 Å². The van der Waals surface area contributed by atoms with Crippen molar-refractivity contribution in [2.45, 2.75) is 60.9 Å². The molecule has 6 nitrogen and oxygen atoms in total. The van der Waals surface area contributed by atoms with Crippen molar-refractivity contribution in [1.29, 1.82) is 0 Å². The summed E-state index contributed by atoms with van der Waals surface area (Å²) in [6.45, 7) is 22.5. The van der Waals surface area contributed by atoms with Gasteiger partial charge in [-0.15, -0.1) is 0 Å². The minimum Gasteiger partial charge on any atom is -0.493 e. The molecule has 1 rings (SSSR count). The number of carbonyl (C=O) groups excluding carboxylic acids is 2.